The zero-order valence-corrected chi connectivity index (χ0v) is 14.0. The lowest BCUT2D eigenvalue weighted by Gasteiger charge is -2.18. The van der Waals surface area contributed by atoms with E-state index in [1.807, 2.05) is 0 Å². The number of hydrogen-bond donors (Lipinski definition) is 1. The normalized spacial score (nSPS) is 17.6. The van der Waals surface area contributed by atoms with Gasteiger partial charge in [0.2, 0.25) is 5.91 Å². The van der Waals surface area contributed by atoms with Crippen LogP contribution >= 0.6 is 0 Å². The molecule has 0 spiro atoms. The first-order chi connectivity index (χ1) is 12.0. The summed E-state index contributed by atoms with van der Waals surface area (Å²) in [6, 6.07) is 3.44. The van der Waals surface area contributed by atoms with Crippen molar-refractivity contribution in [3.63, 3.8) is 0 Å². The lowest BCUT2D eigenvalue weighted by Crippen LogP contribution is -2.45. The average molecular weight is 352 g/mol. The Hall–Kier alpha value is -2.68. The first-order valence-corrected chi connectivity index (χ1v) is 7.73. The summed E-state index contributed by atoms with van der Waals surface area (Å²) < 4.78 is 14.8. The van der Waals surface area contributed by atoms with E-state index in [0.29, 0.717) is 25.2 Å². The van der Waals surface area contributed by atoms with E-state index in [4.69, 9.17) is 14.2 Å². The molecule has 1 N–H and O–H groups in total. The maximum absolute atomic E-state index is 12.2. The van der Waals surface area contributed by atoms with E-state index in [9.17, 15) is 19.7 Å². The molecule has 25 heavy (non-hydrogen) atoms. The van der Waals surface area contributed by atoms with E-state index in [-0.39, 0.29) is 29.7 Å². The van der Waals surface area contributed by atoms with E-state index >= 15 is 0 Å². The maximum atomic E-state index is 12.2. The van der Waals surface area contributed by atoms with Gasteiger partial charge in [-0.25, -0.2) is 4.79 Å². The molecule has 1 fully saturated rings. The van der Waals surface area contributed by atoms with Gasteiger partial charge in [0.05, 0.1) is 31.7 Å². The Morgan fingerprint density at radius 1 is 1.44 bits per heavy atom. The molecule has 1 heterocycles. The number of methoxy groups -OCH3 is 2. The highest BCUT2D eigenvalue weighted by molar-refractivity contribution is 5.86. The van der Waals surface area contributed by atoms with Gasteiger partial charge in [-0.3, -0.25) is 14.9 Å². The number of rotatable bonds is 7. The number of amides is 1. The molecule has 2 atom stereocenters. The Bertz CT molecular complexity index is 656. The Morgan fingerprint density at radius 3 is 2.76 bits per heavy atom. The Labute approximate surface area is 144 Å². The third-order valence-corrected chi connectivity index (χ3v) is 3.98. The van der Waals surface area contributed by atoms with Crippen LogP contribution in [-0.2, 0) is 25.5 Å². The predicted octanol–water partition coefficient (Wildman–Crippen LogP) is 0.840. The number of hydrogen-bond acceptors (Lipinski definition) is 7. The number of benzene rings is 1. The number of nitro groups is 1. The number of nitro benzene ring substituents is 1. The van der Waals surface area contributed by atoms with Crippen molar-refractivity contribution in [1.29, 1.82) is 0 Å². The molecule has 1 saturated heterocycles. The average Bonchev–Trinajstić information content (AvgIpc) is 3.15. The summed E-state index contributed by atoms with van der Waals surface area (Å²) in [4.78, 5) is 34.7. The number of ether oxygens (including phenoxy) is 3. The molecule has 2 rings (SSSR count). The molecular weight excluding hydrogens is 332 g/mol. The van der Waals surface area contributed by atoms with Crippen LogP contribution in [0, 0.1) is 16.0 Å². The van der Waals surface area contributed by atoms with E-state index < -0.39 is 16.9 Å². The number of nitrogens with zero attached hydrogens (tertiary/aromatic N) is 1. The maximum Gasteiger partial charge on any atom is 0.328 e. The van der Waals surface area contributed by atoms with Gasteiger partial charge in [-0.05, 0) is 18.1 Å². The zero-order chi connectivity index (χ0) is 18.4. The molecule has 1 aliphatic heterocycles. The van der Waals surface area contributed by atoms with Crippen LogP contribution in [0.3, 0.4) is 0 Å². The van der Waals surface area contributed by atoms with Gasteiger partial charge in [0.15, 0.2) is 5.75 Å². The molecule has 1 aliphatic rings. The first-order valence-electron chi connectivity index (χ1n) is 7.73. The molecule has 1 aromatic carbocycles. The van der Waals surface area contributed by atoms with Gasteiger partial charge in [0.25, 0.3) is 0 Å². The van der Waals surface area contributed by atoms with Crippen LogP contribution in [0.2, 0.25) is 0 Å². The SMILES string of the molecule is COC(=O)[C@@H](Cc1ccc(OC)c([N+](=O)[O-])c1)NC(=O)[C@@H]1CCOC1. The summed E-state index contributed by atoms with van der Waals surface area (Å²) in [5.74, 6) is -1.10. The second-order valence-electron chi connectivity index (χ2n) is 5.61. The second kappa shape index (κ2) is 8.43. The molecule has 136 valence electrons. The molecule has 0 bridgehead atoms. The summed E-state index contributed by atoms with van der Waals surface area (Å²) in [6.45, 7) is 0.819. The van der Waals surface area contributed by atoms with Gasteiger partial charge in [0.1, 0.15) is 6.04 Å². The number of nitrogens with one attached hydrogen (secondary N) is 1. The fourth-order valence-corrected chi connectivity index (χ4v) is 2.61. The molecule has 9 heteroatoms. The predicted molar refractivity (Wildman–Crippen MR) is 86.2 cm³/mol. The highest BCUT2D eigenvalue weighted by Gasteiger charge is 2.29. The standard InChI is InChI=1S/C16H20N2O7/c1-23-14-4-3-10(8-13(14)18(21)22)7-12(16(20)24-2)17-15(19)11-5-6-25-9-11/h3-4,8,11-12H,5-7,9H2,1-2H3,(H,17,19)/t11-,12-/m1/s1. The van der Waals surface area contributed by atoms with Crippen LogP contribution < -0.4 is 10.1 Å². The zero-order valence-electron chi connectivity index (χ0n) is 14.0. The highest BCUT2D eigenvalue weighted by Crippen LogP contribution is 2.28. The molecule has 0 unspecified atom stereocenters. The molecule has 0 aliphatic carbocycles. The number of carbonyl (C=O) groups excluding carboxylic acids is 2. The summed E-state index contributed by atoms with van der Waals surface area (Å²) >= 11 is 0. The first kappa shape index (κ1) is 18.7. The lowest BCUT2D eigenvalue weighted by molar-refractivity contribution is -0.385. The van der Waals surface area contributed by atoms with Crippen LogP contribution in [0.15, 0.2) is 18.2 Å². The Morgan fingerprint density at radius 2 is 2.20 bits per heavy atom. The van der Waals surface area contributed by atoms with Crippen LogP contribution in [-0.4, -0.2) is 50.3 Å². The molecule has 0 aromatic heterocycles. The van der Waals surface area contributed by atoms with E-state index in [1.165, 1.54) is 26.4 Å². The second-order valence-corrected chi connectivity index (χ2v) is 5.61. The number of esters is 1. The van der Waals surface area contributed by atoms with E-state index in [2.05, 4.69) is 5.32 Å². The van der Waals surface area contributed by atoms with Crippen molar-refractivity contribution in [3.8, 4) is 5.75 Å². The molecule has 9 nitrogen and oxygen atoms in total. The van der Waals surface area contributed by atoms with Crippen LogP contribution in [0.25, 0.3) is 0 Å². The summed E-state index contributed by atoms with van der Waals surface area (Å²) in [5.41, 5.74) is 0.296. The number of carbonyl (C=O) groups is 2. The largest absolute Gasteiger partial charge is 0.490 e. The molecule has 0 saturated carbocycles. The molecule has 0 radical (unpaired) electrons. The summed E-state index contributed by atoms with van der Waals surface area (Å²) in [5, 5.41) is 13.8. The van der Waals surface area contributed by atoms with Gasteiger partial charge >= 0.3 is 11.7 Å². The topological polar surface area (TPSA) is 117 Å². The van der Waals surface area contributed by atoms with Crippen molar-refractivity contribution in [1.82, 2.24) is 5.32 Å². The van der Waals surface area contributed by atoms with Gasteiger partial charge in [-0.15, -0.1) is 0 Å². The molecule has 1 aromatic rings. The van der Waals surface area contributed by atoms with E-state index in [0.717, 1.165) is 0 Å². The van der Waals surface area contributed by atoms with Crippen LogP contribution in [0.4, 0.5) is 5.69 Å². The van der Waals surface area contributed by atoms with Gasteiger partial charge in [0, 0.05) is 19.1 Å². The van der Waals surface area contributed by atoms with Crippen molar-refractivity contribution in [3.05, 3.63) is 33.9 Å². The van der Waals surface area contributed by atoms with Gasteiger partial charge in [-0.2, -0.15) is 0 Å². The van der Waals surface area contributed by atoms with Crippen molar-refractivity contribution in [2.75, 3.05) is 27.4 Å². The smallest absolute Gasteiger partial charge is 0.328 e. The minimum atomic E-state index is -0.939. The van der Waals surface area contributed by atoms with Crippen molar-refractivity contribution >= 4 is 17.6 Å². The minimum absolute atomic E-state index is 0.0663. The fourth-order valence-electron chi connectivity index (χ4n) is 2.61. The highest BCUT2D eigenvalue weighted by atomic mass is 16.6. The molecule has 1 amide bonds. The lowest BCUT2D eigenvalue weighted by atomic mass is 10.0. The summed E-state index contributed by atoms with van der Waals surface area (Å²) in [7, 11) is 2.56. The Balaban J connectivity index is 2.16. The van der Waals surface area contributed by atoms with Crippen LogP contribution in [0.1, 0.15) is 12.0 Å². The van der Waals surface area contributed by atoms with Crippen molar-refractivity contribution in [2.24, 2.45) is 5.92 Å². The van der Waals surface area contributed by atoms with Gasteiger partial charge in [-0.1, -0.05) is 6.07 Å². The van der Waals surface area contributed by atoms with Crippen LogP contribution in [0.5, 0.6) is 5.75 Å². The van der Waals surface area contributed by atoms with E-state index in [1.54, 1.807) is 6.07 Å². The third-order valence-electron chi connectivity index (χ3n) is 3.98. The Kier molecular flexibility index (Phi) is 6.29. The van der Waals surface area contributed by atoms with Gasteiger partial charge < -0.3 is 19.5 Å². The fraction of sp³-hybridized carbons (Fsp3) is 0.500. The third kappa shape index (κ3) is 4.66. The monoisotopic (exact) mass is 352 g/mol. The summed E-state index contributed by atoms with van der Waals surface area (Å²) in [6.07, 6.45) is 0.657. The van der Waals surface area contributed by atoms with Crippen molar-refractivity contribution < 1.29 is 28.7 Å². The quantitative estimate of drug-likeness (QED) is 0.439. The molecular formula is C16H20N2O7. The van der Waals surface area contributed by atoms with Crippen molar-refractivity contribution in [2.45, 2.75) is 18.9 Å². The minimum Gasteiger partial charge on any atom is -0.490 e.